The van der Waals surface area contributed by atoms with Gasteiger partial charge in [0.2, 0.25) is 0 Å². The van der Waals surface area contributed by atoms with E-state index in [0.29, 0.717) is 5.56 Å². The zero-order chi connectivity index (χ0) is 7.56. The van der Waals surface area contributed by atoms with Crippen LogP contribution in [0.1, 0.15) is 5.56 Å². The van der Waals surface area contributed by atoms with Crippen LogP contribution in [0.15, 0.2) is 23.1 Å². The quantitative estimate of drug-likeness (QED) is 0.560. The van der Waals surface area contributed by atoms with Crippen LogP contribution in [-0.2, 0) is 12.9 Å². The third kappa shape index (κ3) is 1.21. The second-order valence-electron chi connectivity index (χ2n) is 2.08. The lowest BCUT2D eigenvalue weighted by Gasteiger charge is -1.97. The number of aromatic nitrogens is 1. The van der Waals surface area contributed by atoms with Gasteiger partial charge in [-0.15, -0.1) is 11.6 Å². The summed E-state index contributed by atoms with van der Waals surface area (Å²) in [7, 11) is 1.71. The molecule has 3 heteroatoms. The van der Waals surface area contributed by atoms with Gasteiger partial charge in [0.1, 0.15) is 0 Å². The van der Waals surface area contributed by atoms with E-state index in [1.54, 1.807) is 25.4 Å². The van der Waals surface area contributed by atoms with Crippen LogP contribution >= 0.6 is 11.6 Å². The summed E-state index contributed by atoms with van der Waals surface area (Å²) in [6, 6.07) is 3.54. The van der Waals surface area contributed by atoms with Gasteiger partial charge in [0.25, 0.3) is 5.56 Å². The standard InChI is InChI=1S/C7H8ClNO/c1-9-4-2-3-6(5-8)7(9)10/h2-4H,5H2,1H3. The van der Waals surface area contributed by atoms with Gasteiger partial charge in [-0.1, -0.05) is 6.07 Å². The summed E-state index contributed by atoms with van der Waals surface area (Å²) < 4.78 is 1.51. The van der Waals surface area contributed by atoms with Crippen molar-refractivity contribution in [1.29, 1.82) is 0 Å². The Morgan fingerprint density at radius 2 is 2.40 bits per heavy atom. The molecule has 0 radical (unpaired) electrons. The van der Waals surface area contributed by atoms with Crippen molar-refractivity contribution in [3.05, 3.63) is 34.2 Å². The molecular formula is C7H8ClNO. The average Bonchev–Trinajstić information content (AvgIpc) is 1.95. The highest BCUT2D eigenvalue weighted by atomic mass is 35.5. The van der Waals surface area contributed by atoms with Crippen LogP contribution in [0, 0.1) is 0 Å². The summed E-state index contributed by atoms with van der Waals surface area (Å²) in [6.07, 6.45) is 1.71. The molecule has 2 nitrogen and oxygen atoms in total. The van der Waals surface area contributed by atoms with Crippen LogP contribution in [-0.4, -0.2) is 4.57 Å². The molecule has 0 aliphatic heterocycles. The maximum atomic E-state index is 11.1. The first-order valence-corrected chi connectivity index (χ1v) is 3.49. The van der Waals surface area contributed by atoms with E-state index in [2.05, 4.69) is 0 Å². The Morgan fingerprint density at radius 1 is 1.70 bits per heavy atom. The van der Waals surface area contributed by atoms with Gasteiger partial charge in [-0.05, 0) is 6.07 Å². The summed E-state index contributed by atoms with van der Waals surface area (Å²) in [5.74, 6) is 0.285. The van der Waals surface area contributed by atoms with Gasteiger partial charge in [0, 0.05) is 18.8 Å². The van der Waals surface area contributed by atoms with E-state index in [1.165, 1.54) is 4.57 Å². The minimum absolute atomic E-state index is 0.0162. The predicted octanol–water partition coefficient (Wildman–Crippen LogP) is 1.12. The molecule has 0 spiro atoms. The smallest absolute Gasteiger partial charge is 0.254 e. The molecule has 1 heterocycles. The molecule has 0 amide bonds. The van der Waals surface area contributed by atoms with Crippen LogP contribution in [0.4, 0.5) is 0 Å². The third-order valence-corrected chi connectivity index (χ3v) is 1.63. The highest BCUT2D eigenvalue weighted by Crippen LogP contribution is 1.94. The Balaban J connectivity index is 3.28. The number of hydrogen-bond acceptors (Lipinski definition) is 1. The number of nitrogens with zero attached hydrogens (tertiary/aromatic N) is 1. The second-order valence-corrected chi connectivity index (χ2v) is 2.35. The highest BCUT2D eigenvalue weighted by Gasteiger charge is 1.95. The van der Waals surface area contributed by atoms with Crippen molar-refractivity contribution < 1.29 is 0 Å². The Bertz CT molecular complexity index is 279. The second kappa shape index (κ2) is 2.88. The van der Waals surface area contributed by atoms with Gasteiger partial charge in [-0.3, -0.25) is 4.79 Å². The monoisotopic (exact) mass is 157 g/mol. The number of aryl methyl sites for hydroxylation is 1. The van der Waals surface area contributed by atoms with Crippen molar-refractivity contribution in [3.8, 4) is 0 Å². The zero-order valence-electron chi connectivity index (χ0n) is 5.67. The number of rotatable bonds is 1. The molecular weight excluding hydrogens is 150 g/mol. The van der Waals surface area contributed by atoms with Crippen LogP contribution in [0.2, 0.25) is 0 Å². The SMILES string of the molecule is Cn1cccc(CCl)c1=O. The summed E-state index contributed by atoms with van der Waals surface area (Å²) >= 11 is 5.49. The molecule has 0 aromatic carbocycles. The van der Waals surface area contributed by atoms with Crippen LogP contribution in [0.3, 0.4) is 0 Å². The van der Waals surface area contributed by atoms with Crippen LogP contribution in [0.25, 0.3) is 0 Å². The Hall–Kier alpha value is -0.760. The summed E-state index contributed by atoms with van der Waals surface area (Å²) in [5, 5.41) is 0. The van der Waals surface area contributed by atoms with Crippen molar-refractivity contribution in [2.24, 2.45) is 7.05 Å². The van der Waals surface area contributed by atoms with Crippen molar-refractivity contribution >= 4 is 11.6 Å². The minimum Gasteiger partial charge on any atom is -0.318 e. The molecule has 0 saturated carbocycles. The fourth-order valence-corrected chi connectivity index (χ4v) is 0.959. The molecule has 0 bridgehead atoms. The van der Waals surface area contributed by atoms with Crippen molar-refractivity contribution in [2.45, 2.75) is 5.88 Å². The minimum atomic E-state index is -0.0162. The lowest BCUT2D eigenvalue weighted by molar-refractivity contribution is 0.846. The summed E-state index contributed by atoms with van der Waals surface area (Å²) in [4.78, 5) is 11.1. The first kappa shape index (κ1) is 7.35. The van der Waals surface area contributed by atoms with Gasteiger partial charge in [-0.2, -0.15) is 0 Å². The largest absolute Gasteiger partial charge is 0.318 e. The fraction of sp³-hybridized carbons (Fsp3) is 0.286. The third-order valence-electron chi connectivity index (χ3n) is 1.35. The van der Waals surface area contributed by atoms with Crippen molar-refractivity contribution in [3.63, 3.8) is 0 Å². The van der Waals surface area contributed by atoms with Gasteiger partial charge in [0.15, 0.2) is 0 Å². The molecule has 1 aromatic heterocycles. The van der Waals surface area contributed by atoms with Crippen molar-refractivity contribution in [1.82, 2.24) is 4.57 Å². The van der Waals surface area contributed by atoms with Gasteiger partial charge in [0.05, 0.1) is 5.88 Å². The molecule has 0 saturated heterocycles. The Morgan fingerprint density at radius 3 is 2.90 bits per heavy atom. The molecule has 0 atom stereocenters. The molecule has 0 fully saturated rings. The van der Waals surface area contributed by atoms with Crippen LogP contribution < -0.4 is 5.56 Å². The number of hydrogen-bond donors (Lipinski definition) is 0. The number of halogens is 1. The van der Waals surface area contributed by atoms with Crippen molar-refractivity contribution in [2.75, 3.05) is 0 Å². The van der Waals surface area contributed by atoms with E-state index in [0.717, 1.165) is 0 Å². The van der Waals surface area contributed by atoms with Gasteiger partial charge < -0.3 is 4.57 Å². The van der Waals surface area contributed by atoms with E-state index in [-0.39, 0.29) is 11.4 Å². The predicted molar refractivity (Wildman–Crippen MR) is 41.2 cm³/mol. The Labute approximate surface area is 64.1 Å². The zero-order valence-corrected chi connectivity index (χ0v) is 6.43. The van der Waals surface area contributed by atoms with E-state index in [1.807, 2.05) is 0 Å². The van der Waals surface area contributed by atoms with Gasteiger partial charge >= 0.3 is 0 Å². The van der Waals surface area contributed by atoms with Crippen LogP contribution in [0.5, 0.6) is 0 Å². The first-order valence-electron chi connectivity index (χ1n) is 2.96. The topological polar surface area (TPSA) is 22.0 Å². The molecule has 0 aliphatic rings. The molecule has 1 rings (SSSR count). The Kier molecular flexibility index (Phi) is 2.12. The lowest BCUT2D eigenvalue weighted by atomic mass is 10.3. The van der Waals surface area contributed by atoms with Gasteiger partial charge in [-0.25, -0.2) is 0 Å². The van der Waals surface area contributed by atoms with E-state index >= 15 is 0 Å². The molecule has 0 N–H and O–H groups in total. The lowest BCUT2D eigenvalue weighted by Crippen LogP contribution is -2.18. The number of alkyl halides is 1. The summed E-state index contributed by atoms with van der Waals surface area (Å²) in [6.45, 7) is 0. The molecule has 0 unspecified atom stereocenters. The first-order chi connectivity index (χ1) is 4.75. The van der Waals surface area contributed by atoms with E-state index in [4.69, 9.17) is 11.6 Å². The average molecular weight is 158 g/mol. The molecule has 0 aliphatic carbocycles. The van der Waals surface area contributed by atoms with E-state index in [9.17, 15) is 4.79 Å². The molecule has 10 heavy (non-hydrogen) atoms. The maximum absolute atomic E-state index is 11.1. The number of pyridine rings is 1. The molecule has 1 aromatic rings. The normalized spacial score (nSPS) is 9.80. The summed E-state index contributed by atoms with van der Waals surface area (Å²) in [5.41, 5.74) is 0.629. The van der Waals surface area contributed by atoms with E-state index < -0.39 is 0 Å². The maximum Gasteiger partial charge on any atom is 0.254 e. The fourth-order valence-electron chi connectivity index (χ4n) is 0.755. The highest BCUT2D eigenvalue weighted by molar-refractivity contribution is 6.17. The molecule has 54 valence electrons.